The lowest BCUT2D eigenvalue weighted by molar-refractivity contribution is -0.135. The highest BCUT2D eigenvalue weighted by atomic mass is 19.1. The summed E-state index contributed by atoms with van der Waals surface area (Å²) in [6.07, 6.45) is 0. The molecule has 0 spiro atoms. The summed E-state index contributed by atoms with van der Waals surface area (Å²) in [5.41, 5.74) is -0.479. The molecule has 1 aliphatic heterocycles. The van der Waals surface area contributed by atoms with Crippen molar-refractivity contribution in [1.29, 1.82) is 0 Å². The first kappa shape index (κ1) is 6.80. The van der Waals surface area contributed by atoms with Gasteiger partial charge in [0, 0.05) is 0 Å². The third kappa shape index (κ3) is 1.03. The van der Waals surface area contributed by atoms with Crippen molar-refractivity contribution in [2.75, 3.05) is 13.2 Å². The van der Waals surface area contributed by atoms with Crippen LogP contribution in [0.5, 0.6) is 0 Å². The summed E-state index contributed by atoms with van der Waals surface area (Å²) in [6, 6.07) is 9.15. The Balaban J connectivity index is 2.29. The molecule has 1 aliphatic rings. The zero-order chi connectivity index (χ0) is 7.73. The van der Waals surface area contributed by atoms with Gasteiger partial charge in [0.25, 0.3) is 0 Å². The molecule has 1 aromatic rings. The fourth-order valence-electron chi connectivity index (χ4n) is 1.18. The van der Waals surface area contributed by atoms with Gasteiger partial charge in [-0.3, -0.25) is 0 Å². The van der Waals surface area contributed by atoms with E-state index in [0.717, 1.165) is 5.56 Å². The maximum atomic E-state index is 13.5. The van der Waals surface area contributed by atoms with E-state index in [1.54, 1.807) is 12.1 Å². The molecule has 1 aromatic carbocycles. The van der Waals surface area contributed by atoms with Crippen LogP contribution in [0.3, 0.4) is 0 Å². The molecule has 1 fully saturated rings. The van der Waals surface area contributed by atoms with Crippen molar-refractivity contribution in [3.8, 4) is 0 Å². The van der Waals surface area contributed by atoms with Crippen molar-refractivity contribution in [3.63, 3.8) is 0 Å². The molecule has 2 heteroatoms. The number of halogens is 1. The average Bonchev–Trinajstić information content (AvgIpc) is 2.02. The summed E-state index contributed by atoms with van der Waals surface area (Å²) in [6.45, 7) is 0.411. The predicted molar refractivity (Wildman–Crippen MR) is 40.0 cm³/mol. The molecule has 1 heterocycles. The first-order chi connectivity index (χ1) is 5.31. The van der Waals surface area contributed by atoms with E-state index in [1.165, 1.54) is 0 Å². The van der Waals surface area contributed by atoms with E-state index in [9.17, 15) is 4.39 Å². The maximum Gasteiger partial charge on any atom is 0.182 e. The highest BCUT2D eigenvalue weighted by molar-refractivity contribution is 5.24. The fourth-order valence-corrected chi connectivity index (χ4v) is 1.18. The lowest BCUT2D eigenvalue weighted by atomic mass is 9.94. The summed E-state index contributed by atoms with van der Waals surface area (Å²) >= 11 is 0. The molecule has 11 heavy (non-hydrogen) atoms. The Labute approximate surface area is 64.8 Å². The van der Waals surface area contributed by atoms with Gasteiger partial charge in [-0.05, 0) is 5.56 Å². The second-order valence-electron chi connectivity index (χ2n) is 2.82. The van der Waals surface area contributed by atoms with E-state index < -0.39 is 5.67 Å². The molecule has 0 aliphatic carbocycles. The summed E-state index contributed by atoms with van der Waals surface area (Å²) in [5.74, 6) is 0. The maximum absolute atomic E-state index is 13.5. The molecule has 0 unspecified atom stereocenters. The topological polar surface area (TPSA) is 9.23 Å². The Morgan fingerprint density at radius 1 is 1.18 bits per heavy atom. The minimum atomic E-state index is -1.21. The van der Waals surface area contributed by atoms with Crippen LogP contribution in [0.25, 0.3) is 0 Å². The van der Waals surface area contributed by atoms with Crippen LogP contribution in [0.2, 0.25) is 0 Å². The molecule has 0 amide bonds. The molecule has 58 valence electrons. The third-order valence-electron chi connectivity index (χ3n) is 1.95. The summed E-state index contributed by atoms with van der Waals surface area (Å²) < 4.78 is 18.3. The normalized spacial score (nSPS) is 20.8. The van der Waals surface area contributed by atoms with Gasteiger partial charge in [0.05, 0.1) is 13.2 Å². The Hall–Kier alpha value is -0.890. The van der Waals surface area contributed by atoms with Crippen LogP contribution in [0.15, 0.2) is 30.3 Å². The van der Waals surface area contributed by atoms with Crippen LogP contribution >= 0.6 is 0 Å². The summed E-state index contributed by atoms with van der Waals surface area (Å²) in [5, 5.41) is 0. The van der Waals surface area contributed by atoms with Crippen LogP contribution in [0.4, 0.5) is 4.39 Å². The average molecular weight is 152 g/mol. The number of alkyl halides is 1. The predicted octanol–water partition coefficient (Wildman–Crippen LogP) is 1.88. The summed E-state index contributed by atoms with van der Waals surface area (Å²) in [4.78, 5) is 0. The first-order valence-corrected chi connectivity index (χ1v) is 3.63. The number of benzene rings is 1. The van der Waals surface area contributed by atoms with Crippen LogP contribution in [0.1, 0.15) is 5.56 Å². The monoisotopic (exact) mass is 152 g/mol. The van der Waals surface area contributed by atoms with E-state index in [2.05, 4.69) is 0 Å². The van der Waals surface area contributed by atoms with Gasteiger partial charge < -0.3 is 4.74 Å². The number of ether oxygens (including phenoxy) is 1. The lowest BCUT2D eigenvalue weighted by Gasteiger charge is -2.33. The Kier molecular flexibility index (Phi) is 1.43. The van der Waals surface area contributed by atoms with E-state index in [-0.39, 0.29) is 13.2 Å². The van der Waals surface area contributed by atoms with Gasteiger partial charge in [-0.1, -0.05) is 30.3 Å². The molecule has 0 aromatic heterocycles. The molecule has 1 nitrogen and oxygen atoms in total. The van der Waals surface area contributed by atoms with Crippen LogP contribution in [0, 0.1) is 0 Å². The smallest absolute Gasteiger partial charge is 0.182 e. The van der Waals surface area contributed by atoms with Crippen LogP contribution < -0.4 is 0 Å². The summed E-state index contributed by atoms with van der Waals surface area (Å²) in [7, 11) is 0. The quantitative estimate of drug-likeness (QED) is 0.597. The van der Waals surface area contributed by atoms with Gasteiger partial charge in [-0.25, -0.2) is 4.39 Å². The van der Waals surface area contributed by atoms with Gasteiger partial charge in [0.15, 0.2) is 5.67 Å². The standard InChI is InChI=1S/C9H9FO/c10-9(6-11-7-9)8-4-2-1-3-5-8/h1-5H,6-7H2. The van der Waals surface area contributed by atoms with Gasteiger partial charge in [-0.15, -0.1) is 0 Å². The number of hydrogen-bond donors (Lipinski definition) is 0. The highest BCUT2D eigenvalue weighted by Gasteiger charge is 2.40. The van der Waals surface area contributed by atoms with E-state index in [0.29, 0.717) is 0 Å². The third-order valence-corrected chi connectivity index (χ3v) is 1.95. The van der Waals surface area contributed by atoms with Gasteiger partial charge in [0.2, 0.25) is 0 Å². The van der Waals surface area contributed by atoms with E-state index >= 15 is 0 Å². The van der Waals surface area contributed by atoms with Crippen molar-refractivity contribution < 1.29 is 9.13 Å². The van der Waals surface area contributed by atoms with E-state index in [4.69, 9.17) is 4.74 Å². The fraction of sp³-hybridized carbons (Fsp3) is 0.333. The van der Waals surface area contributed by atoms with Gasteiger partial charge in [0.1, 0.15) is 0 Å². The largest absolute Gasteiger partial charge is 0.374 e. The molecule has 0 saturated carbocycles. The minimum absolute atomic E-state index is 0.205. The SMILES string of the molecule is FC1(c2ccccc2)COC1. The van der Waals surface area contributed by atoms with Crippen molar-refractivity contribution in [2.24, 2.45) is 0 Å². The minimum Gasteiger partial charge on any atom is -0.374 e. The Morgan fingerprint density at radius 2 is 1.82 bits per heavy atom. The molecule has 2 rings (SSSR count). The van der Waals surface area contributed by atoms with Crippen molar-refractivity contribution in [1.82, 2.24) is 0 Å². The molecule has 1 saturated heterocycles. The van der Waals surface area contributed by atoms with E-state index in [1.807, 2.05) is 18.2 Å². The van der Waals surface area contributed by atoms with Crippen molar-refractivity contribution in [3.05, 3.63) is 35.9 Å². The molecule has 0 radical (unpaired) electrons. The number of rotatable bonds is 1. The molecular formula is C9H9FO. The Morgan fingerprint density at radius 3 is 2.27 bits per heavy atom. The second kappa shape index (κ2) is 2.31. The number of hydrogen-bond acceptors (Lipinski definition) is 1. The first-order valence-electron chi connectivity index (χ1n) is 3.63. The zero-order valence-corrected chi connectivity index (χ0v) is 6.09. The second-order valence-corrected chi connectivity index (χ2v) is 2.82. The van der Waals surface area contributed by atoms with Gasteiger partial charge >= 0.3 is 0 Å². The van der Waals surface area contributed by atoms with Crippen LogP contribution in [-0.4, -0.2) is 13.2 Å². The Bertz CT molecular complexity index is 241. The van der Waals surface area contributed by atoms with Crippen molar-refractivity contribution >= 4 is 0 Å². The molecule has 0 atom stereocenters. The van der Waals surface area contributed by atoms with Crippen LogP contribution in [-0.2, 0) is 10.4 Å². The highest BCUT2D eigenvalue weighted by Crippen LogP contribution is 2.33. The zero-order valence-electron chi connectivity index (χ0n) is 6.09. The molecular weight excluding hydrogens is 143 g/mol. The van der Waals surface area contributed by atoms with Gasteiger partial charge in [-0.2, -0.15) is 0 Å². The lowest BCUT2D eigenvalue weighted by Crippen LogP contribution is -2.42. The van der Waals surface area contributed by atoms with Crippen molar-refractivity contribution in [2.45, 2.75) is 5.67 Å². The molecule has 0 N–H and O–H groups in total. The molecule has 0 bridgehead atoms.